The largest absolute Gasteiger partial charge is 0.384 e. The molecule has 1 unspecified atom stereocenters. The lowest BCUT2D eigenvalue weighted by Crippen LogP contribution is -2.02. The molecule has 0 radical (unpaired) electrons. The van der Waals surface area contributed by atoms with Gasteiger partial charge in [0.1, 0.15) is 6.10 Å². The van der Waals surface area contributed by atoms with E-state index >= 15 is 0 Å². The Bertz CT molecular complexity index is 750. The molecule has 3 rings (SSSR count). The predicted octanol–water partition coefficient (Wildman–Crippen LogP) is 3.66. The molecule has 0 bridgehead atoms. The first-order valence-corrected chi connectivity index (χ1v) is 7.26. The van der Waals surface area contributed by atoms with E-state index in [1.54, 1.807) is 12.4 Å². The molecule has 3 heteroatoms. The van der Waals surface area contributed by atoms with Crippen molar-refractivity contribution in [2.45, 2.75) is 25.9 Å². The number of aliphatic hydroxyl groups is 1. The molecule has 0 saturated carbocycles. The minimum Gasteiger partial charge on any atom is -0.384 e. The molecule has 0 spiro atoms. The summed E-state index contributed by atoms with van der Waals surface area (Å²) < 4.78 is 0. The Labute approximate surface area is 124 Å². The van der Waals surface area contributed by atoms with Gasteiger partial charge >= 0.3 is 0 Å². The maximum absolute atomic E-state index is 10.7. The average molecular weight is 278 g/mol. The van der Waals surface area contributed by atoms with Gasteiger partial charge in [0, 0.05) is 18.0 Å². The van der Waals surface area contributed by atoms with E-state index in [0.717, 1.165) is 35.0 Å². The van der Waals surface area contributed by atoms with E-state index in [9.17, 15) is 5.11 Å². The summed E-state index contributed by atoms with van der Waals surface area (Å²) in [5.41, 5.74) is 4.51. The molecule has 3 nitrogen and oxygen atoms in total. The minimum atomic E-state index is -0.679. The van der Waals surface area contributed by atoms with Gasteiger partial charge in [0.25, 0.3) is 0 Å². The lowest BCUT2D eigenvalue weighted by atomic mass is 9.97. The molecule has 21 heavy (non-hydrogen) atoms. The number of fused-ring (bicyclic) bond motifs is 1. The SMILES string of the molecule is CCCc1cccc(C(O)c2cccc3nccnc23)c1. The summed E-state index contributed by atoms with van der Waals surface area (Å²) in [4.78, 5) is 8.66. The van der Waals surface area contributed by atoms with Crippen LogP contribution in [0.15, 0.2) is 54.9 Å². The number of aliphatic hydroxyl groups excluding tert-OH is 1. The Morgan fingerprint density at radius 2 is 1.86 bits per heavy atom. The molecule has 3 aromatic rings. The second kappa shape index (κ2) is 6.02. The van der Waals surface area contributed by atoms with E-state index in [1.165, 1.54) is 5.56 Å². The van der Waals surface area contributed by atoms with Gasteiger partial charge in [-0.15, -0.1) is 0 Å². The molecule has 0 aliphatic carbocycles. The molecule has 1 aromatic heterocycles. The fourth-order valence-electron chi connectivity index (χ4n) is 2.62. The zero-order valence-electron chi connectivity index (χ0n) is 12.0. The molecule has 0 fully saturated rings. The second-order valence-corrected chi connectivity index (χ2v) is 5.17. The average Bonchev–Trinajstić information content (AvgIpc) is 2.54. The number of rotatable bonds is 4. The molecular weight excluding hydrogens is 260 g/mol. The molecule has 2 aromatic carbocycles. The van der Waals surface area contributed by atoms with Crippen LogP contribution in [0.3, 0.4) is 0 Å². The van der Waals surface area contributed by atoms with Crippen LogP contribution in [0.2, 0.25) is 0 Å². The molecule has 0 saturated heterocycles. The van der Waals surface area contributed by atoms with E-state index in [4.69, 9.17) is 0 Å². The molecule has 0 amide bonds. The van der Waals surface area contributed by atoms with Crippen molar-refractivity contribution in [3.63, 3.8) is 0 Å². The van der Waals surface area contributed by atoms with Gasteiger partial charge in [0.15, 0.2) is 0 Å². The van der Waals surface area contributed by atoms with Crippen LogP contribution in [-0.4, -0.2) is 15.1 Å². The molecule has 0 aliphatic heterocycles. The Morgan fingerprint density at radius 3 is 2.71 bits per heavy atom. The monoisotopic (exact) mass is 278 g/mol. The lowest BCUT2D eigenvalue weighted by molar-refractivity contribution is 0.221. The molecule has 1 atom stereocenters. The second-order valence-electron chi connectivity index (χ2n) is 5.17. The number of para-hydroxylation sites is 1. The number of nitrogens with zero attached hydrogens (tertiary/aromatic N) is 2. The van der Waals surface area contributed by atoms with E-state index in [-0.39, 0.29) is 0 Å². The number of aromatic nitrogens is 2. The summed E-state index contributed by atoms with van der Waals surface area (Å²) in [5, 5.41) is 10.7. The van der Waals surface area contributed by atoms with Crippen molar-refractivity contribution < 1.29 is 5.11 Å². The van der Waals surface area contributed by atoms with Crippen LogP contribution in [0.1, 0.15) is 36.1 Å². The van der Waals surface area contributed by atoms with Crippen molar-refractivity contribution in [3.05, 3.63) is 71.5 Å². The first-order valence-electron chi connectivity index (χ1n) is 7.26. The number of hydrogen-bond acceptors (Lipinski definition) is 3. The van der Waals surface area contributed by atoms with Crippen LogP contribution in [0.25, 0.3) is 11.0 Å². The fraction of sp³-hybridized carbons (Fsp3) is 0.222. The third kappa shape index (κ3) is 2.78. The van der Waals surface area contributed by atoms with Crippen molar-refractivity contribution in [2.24, 2.45) is 0 Å². The van der Waals surface area contributed by atoms with Crippen LogP contribution in [-0.2, 0) is 6.42 Å². The van der Waals surface area contributed by atoms with Gasteiger partial charge < -0.3 is 5.11 Å². The first kappa shape index (κ1) is 13.7. The zero-order chi connectivity index (χ0) is 14.7. The fourth-order valence-corrected chi connectivity index (χ4v) is 2.62. The Morgan fingerprint density at radius 1 is 1.05 bits per heavy atom. The Kier molecular flexibility index (Phi) is 3.93. The van der Waals surface area contributed by atoms with Crippen molar-refractivity contribution in [1.29, 1.82) is 0 Å². The highest BCUT2D eigenvalue weighted by molar-refractivity contribution is 5.78. The number of hydrogen-bond donors (Lipinski definition) is 1. The van der Waals surface area contributed by atoms with Gasteiger partial charge in [-0.05, 0) is 23.6 Å². The highest BCUT2D eigenvalue weighted by Crippen LogP contribution is 2.27. The summed E-state index contributed by atoms with van der Waals surface area (Å²) in [6, 6.07) is 13.9. The quantitative estimate of drug-likeness (QED) is 0.792. The van der Waals surface area contributed by atoms with Crippen molar-refractivity contribution in [3.8, 4) is 0 Å². The molecule has 1 N–H and O–H groups in total. The van der Waals surface area contributed by atoms with E-state index in [1.807, 2.05) is 30.3 Å². The van der Waals surface area contributed by atoms with E-state index < -0.39 is 6.10 Å². The van der Waals surface area contributed by atoms with E-state index in [0.29, 0.717) is 0 Å². The first-order chi connectivity index (χ1) is 10.3. The normalized spacial score (nSPS) is 12.5. The lowest BCUT2D eigenvalue weighted by Gasteiger charge is -2.14. The number of benzene rings is 2. The van der Waals surface area contributed by atoms with Gasteiger partial charge in [0.2, 0.25) is 0 Å². The van der Waals surface area contributed by atoms with Crippen molar-refractivity contribution in [1.82, 2.24) is 9.97 Å². The molecule has 106 valence electrons. The maximum atomic E-state index is 10.7. The maximum Gasteiger partial charge on any atom is 0.106 e. The third-order valence-corrected chi connectivity index (χ3v) is 3.63. The summed E-state index contributed by atoms with van der Waals surface area (Å²) >= 11 is 0. The third-order valence-electron chi connectivity index (χ3n) is 3.63. The number of aryl methyl sites for hydroxylation is 1. The van der Waals surface area contributed by atoms with Crippen LogP contribution in [0.4, 0.5) is 0 Å². The molecular formula is C18H18N2O. The Balaban J connectivity index is 2.04. The molecule has 1 heterocycles. The van der Waals surface area contributed by atoms with Crippen LogP contribution in [0.5, 0.6) is 0 Å². The van der Waals surface area contributed by atoms with Crippen LogP contribution < -0.4 is 0 Å². The standard InChI is InChI=1S/C18H18N2O/c1-2-5-13-6-3-7-14(12-13)18(21)15-8-4-9-16-17(15)20-11-10-19-16/h3-4,6-12,18,21H,2,5H2,1H3. The molecule has 0 aliphatic rings. The minimum absolute atomic E-state index is 0.679. The smallest absolute Gasteiger partial charge is 0.106 e. The zero-order valence-corrected chi connectivity index (χ0v) is 12.0. The Hall–Kier alpha value is -2.26. The summed E-state index contributed by atoms with van der Waals surface area (Å²) in [7, 11) is 0. The summed E-state index contributed by atoms with van der Waals surface area (Å²) in [5.74, 6) is 0. The highest BCUT2D eigenvalue weighted by atomic mass is 16.3. The van der Waals surface area contributed by atoms with Gasteiger partial charge in [-0.3, -0.25) is 9.97 Å². The predicted molar refractivity (Wildman–Crippen MR) is 84.0 cm³/mol. The summed E-state index contributed by atoms with van der Waals surface area (Å²) in [6.45, 7) is 2.16. The van der Waals surface area contributed by atoms with Gasteiger partial charge in [-0.2, -0.15) is 0 Å². The topological polar surface area (TPSA) is 46.0 Å². The van der Waals surface area contributed by atoms with Gasteiger partial charge in [-0.25, -0.2) is 0 Å². The van der Waals surface area contributed by atoms with Crippen LogP contribution in [0, 0.1) is 0 Å². The summed E-state index contributed by atoms with van der Waals surface area (Å²) in [6.07, 6.45) is 4.77. The van der Waals surface area contributed by atoms with Crippen LogP contribution >= 0.6 is 0 Å². The van der Waals surface area contributed by atoms with E-state index in [2.05, 4.69) is 29.0 Å². The van der Waals surface area contributed by atoms with Crippen molar-refractivity contribution >= 4 is 11.0 Å². The van der Waals surface area contributed by atoms with Crippen molar-refractivity contribution in [2.75, 3.05) is 0 Å². The highest BCUT2D eigenvalue weighted by Gasteiger charge is 2.14. The van der Waals surface area contributed by atoms with Gasteiger partial charge in [-0.1, -0.05) is 49.7 Å². The van der Waals surface area contributed by atoms with Gasteiger partial charge in [0.05, 0.1) is 11.0 Å².